The van der Waals surface area contributed by atoms with Gasteiger partial charge < -0.3 is 10.6 Å². The van der Waals surface area contributed by atoms with Crippen LogP contribution in [0.25, 0.3) is 5.82 Å². The first-order valence-electron chi connectivity index (χ1n) is 8.57. The van der Waals surface area contributed by atoms with Crippen LogP contribution in [-0.2, 0) is 16.1 Å². The minimum atomic E-state index is -0.111. The first kappa shape index (κ1) is 17.1. The molecule has 1 aliphatic carbocycles. The van der Waals surface area contributed by atoms with Gasteiger partial charge in [0, 0.05) is 37.2 Å². The molecule has 0 atom stereocenters. The van der Waals surface area contributed by atoms with Gasteiger partial charge in [0.1, 0.15) is 12.7 Å². The molecule has 3 rings (SSSR count). The lowest BCUT2D eigenvalue weighted by Crippen LogP contribution is -2.33. The maximum Gasteiger partial charge on any atom is 0.223 e. The Balaban J connectivity index is 1.44. The molecule has 0 bridgehead atoms. The van der Waals surface area contributed by atoms with Crippen molar-refractivity contribution in [1.82, 2.24) is 30.4 Å². The highest BCUT2D eigenvalue weighted by atomic mass is 16.2. The van der Waals surface area contributed by atoms with Crippen molar-refractivity contribution in [3.63, 3.8) is 0 Å². The molecule has 2 aromatic heterocycles. The van der Waals surface area contributed by atoms with E-state index in [1.54, 1.807) is 17.2 Å². The van der Waals surface area contributed by atoms with Gasteiger partial charge in [-0.1, -0.05) is 18.9 Å². The van der Waals surface area contributed by atoms with Gasteiger partial charge in [-0.3, -0.25) is 9.59 Å². The zero-order valence-corrected chi connectivity index (χ0v) is 14.0. The van der Waals surface area contributed by atoms with Gasteiger partial charge in [-0.2, -0.15) is 5.10 Å². The quantitative estimate of drug-likeness (QED) is 0.781. The molecule has 1 aliphatic rings. The van der Waals surface area contributed by atoms with Crippen molar-refractivity contribution in [3.8, 4) is 5.82 Å². The highest BCUT2D eigenvalue weighted by Crippen LogP contribution is 2.24. The van der Waals surface area contributed by atoms with Crippen LogP contribution in [0.2, 0.25) is 0 Å². The van der Waals surface area contributed by atoms with E-state index in [0.29, 0.717) is 18.9 Å². The summed E-state index contributed by atoms with van der Waals surface area (Å²) >= 11 is 0. The van der Waals surface area contributed by atoms with E-state index in [-0.39, 0.29) is 24.2 Å². The molecule has 132 valence electrons. The normalized spacial score (nSPS) is 14.4. The van der Waals surface area contributed by atoms with Crippen molar-refractivity contribution >= 4 is 11.8 Å². The Bertz CT molecular complexity index is 710. The molecule has 2 heterocycles. The van der Waals surface area contributed by atoms with Crippen LogP contribution in [0, 0.1) is 5.92 Å². The minimum Gasteiger partial charge on any atom is -0.355 e. The molecular weight excluding hydrogens is 320 g/mol. The molecule has 8 heteroatoms. The maximum atomic E-state index is 12.0. The molecule has 0 aliphatic heterocycles. The van der Waals surface area contributed by atoms with Crippen LogP contribution >= 0.6 is 0 Å². The van der Waals surface area contributed by atoms with E-state index < -0.39 is 0 Å². The largest absolute Gasteiger partial charge is 0.355 e. The number of carbonyl (C=O) groups is 2. The second-order valence-corrected chi connectivity index (χ2v) is 6.13. The number of nitrogens with one attached hydrogen (secondary N) is 2. The van der Waals surface area contributed by atoms with E-state index >= 15 is 0 Å². The average Bonchev–Trinajstić information content (AvgIpc) is 3.33. The summed E-state index contributed by atoms with van der Waals surface area (Å²) in [5.41, 5.74) is 0.844. The van der Waals surface area contributed by atoms with Gasteiger partial charge in [-0.05, 0) is 18.9 Å². The molecule has 8 nitrogen and oxygen atoms in total. The number of pyridine rings is 1. The van der Waals surface area contributed by atoms with Gasteiger partial charge in [0.2, 0.25) is 11.8 Å². The van der Waals surface area contributed by atoms with Gasteiger partial charge in [0.05, 0.1) is 0 Å². The fourth-order valence-corrected chi connectivity index (χ4v) is 3.01. The predicted molar refractivity (Wildman–Crippen MR) is 90.6 cm³/mol. The molecule has 0 radical (unpaired) electrons. The van der Waals surface area contributed by atoms with Gasteiger partial charge in [-0.15, -0.1) is 0 Å². The number of hydrogen-bond donors (Lipinski definition) is 2. The van der Waals surface area contributed by atoms with Crippen LogP contribution in [0.5, 0.6) is 0 Å². The lowest BCUT2D eigenvalue weighted by atomic mass is 10.1. The zero-order valence-electron chi connectivity index (χ0n) is 14.0. The molecule has 1 fully saturated rings. The molecule has 2 N–H and O–H groups in total. The molecule has 25 heavy (non-hydrogen) atoms. The summed E-state index contributed by atoms with van der Waals surface area (Å²) in [5.74, 6) is 0.727. The van der Waals surface area contributed by atoms with Gasteiger partial charge in [0.15, 0.2) is 5.82 Å². The predicted octanol–water partition coefficient (Wildman–Crippen LogP) is 0.975. The number of amides is 2. The molecule has 0 aromatic carbocycles. The summed E-state index contributed by atoms with van der Waals surface area (Å²) in [7, 11) is 0. The number of rotatable bonds is 7. The van der Waals surface area contributed by atoms with Crippen molar-refractivity contribution < 1.29 is 9.59 Å². The first-order chi connectivity index (χ1) is 12.2. The number of hydrogen-bond acceptors (Lipinski definition) is 5. The molecule has 2 amide bonds. The van der Waals surface area contributed by atoms with E-state index in [4.69, 9.17) is 0 Å². The topological polar surface area (TPSA) is 102 Å². The zero-order chi connectivity index (χ0) is 17.5. The van der Waals surface area contributed by atoms with Crippen LogP contribution in [0.15, 0.2) is 31.0 Å². The minimum absolute atomic E-state index is 0.0750. The van der Waals surface area contributed by atoms with E-state index in [1.807, 2.05) is 12.1 Å². The number of aromatic nitrogens is 4. The van der Waals surface area contributed by atoms with E-state index in [0.717, 1.165) is 31.2 Å². The Morgan fingerprint density at radius 3 is 2.84 bits per heavy atom. The third-order valence-corrected chi connectivity index (χ3v) is 4.36. The van der Waals surface area contributed by atoms with Crippen LogP contribution < -0.4 is 10.6 Å². The standard InChI is InChI=1S/C17H22N6O2/c24-15(7-9-20-17(25)13-4-1-2-5-13)21-10-14-6-3-8-19-16(14)23-12-18-11-22-23/h3,6,8,11-13H,1-2,4-5,7,9-10H2,(H,20,25)(H,21,24). The van der Waals surface area contributed by atoms with Crippen LogP contribution in [-0.4, -0.2) is 38.1 Å². The van der Waals surface area contributed by atoms with Gasteiger partial charge in [0.25, 0.3) is 0 Å². The Labute approximate surface area is 146 Å². The highest BCUT2D eigenvalue weighted by Gasteiger charge is 2.22. The molecule has 0 spiro atoms. The Kier molecular flexibility index (Phi) is 5.71. The number of carbonyl (C=O) groups excluding carboxylic acids is 2. The third kappa shape index (κ3) is 4.62. The third-order valence-electron chi connectivity index (χ3n) is 4.36. The molecule has 1 saturated carbocycles. The fourth-order valence-electron chi connectivity index (χ4n) is 3.01. The Hall–Kier alpha value is -2.77. The second-order valence-electron chi connectivity index (χ2n) is 6.13. The SMILES string of the molecule is O=C(CCNC(=O)C1CCCC1)NCc1cccnc1-n1cncn1. The monoisotopic (exact) mass is 342 g/mol. The summed E-state index contributed by atoms with van der Waals surface area (Å²) < 4.78 is 1.56. The van der Waals surface area contributed by atoms with Crippen molar-refractivity contribution in [2.24, 2.45) is 5.92 Å². The maximum absolute atomic E-state index is 12.0. The van der Waals surface area contributed by atoms with Crippen molar-refractivity contribution in [1.29, 1.82) is 0 Å². The lowest BCUT2D eigenvalue weighted by Gasteiger charge is -2.11. The van der Waals surface area contributed by atoms with Crippen molar-refractivity contribution in [2.75, 3.05) is 6.54 Å². The van der Waals surface area contributed by atoms with Gasteiger partial charge in [-0.25, -0.2) is 14.6 Å². The Morgan fingerprint density at radius 2 is 2.08 bits per heavy atom. The fraction of sp³-hybridized carbons (Fsp3) is 0.471. The van der Waals surface area contributed by atoms with Gasteiger partial charge >= 0.3 is 0 Å². The van der Waals surface area contributed by atoms with Crippen LogP contribution in [0.1, 0.15) is 37.7 Å². The molecule has 0 unspecified atom stereocenters. The van der Waals surface area contributed by atoms with E-state index in [2.05, 4.69) is 25.7 Å². The summed E-state index contributed by atoms with van der Waals surface area (Å²) in [5, 5.41) is 9.77. The molecule has 2 aromatic rings. The van der Waals surface area contributed by atoms with Crippen LogP contribution in [0.4, 0.5) is 0 Å². The van der Waals surface area contributed by atoms with Crippen molar-refractivity contribution in [3.05, 3.63) is 36.5 Å². The highest BCUT2D eigenvalue weighted by molar-refractivity contribution is 5.80. The summed E-state index contributed by atoms with van der Waals surface area (Å²) in [6, 6.07) is 3.69. The number of nitrogens with zero attached hydrogens (tertiary/aromatic N) is 4. The molecule has 0 saturated heterocycles. The van der Waals surface area contributed by atoms with E-state index in [9.17, 15) is 9.59 Å². The smallest absolute Gasteiger partial charge is 0.223 e. The first-order valence-corrected chi connectivity index (χ1v) is 8.57. The Morgan fingerprint density at radius 1 is 1.24 bits per heavy atom. The van der Waals surface area contributed by atoms with Crippen LogP contribution in [0.3, 0.4) is 0 Å². The van der Waals surface area contributed by atoms with Crippen molar-refractivity contribution in [2.45, 2.75) is 38.6 Å². The summed E-state index contributed by atoms with van der Waals surface area (Å²) in [6.45, 7) is 0.711. The van der Waals surface area contributed by atoms with E-state index in [1.165, 1.54) is 6.33 Å². The molecular formula is C17H22N6O2. The average molecular weight is 342 g/mol. The second kappa shape index (κ2) is 8.36. The summed E-state index contributed by atoms with van der Waals surface area (Å²) in [6.07, 6.45) is 9.10. The lowest BCUT2D eigenvalue weighted by molar-refractivity contribution is -0.125. The summed E-state index contributed by atoms with van der Waals surface area (Å²) in [4.78, 5) is 32.1.